The Morgan fingerprint density at radius 3 is 2.67 bits per heavy atom. The average molecular weight is 293 g/mol. The number of carbonyl (C=O) groups excluding carboxylic acids is 2. The van der Waals surface area contributed by atoms with E-state index in [1.807, 2.05) is 0 Å². The van der Waals surface area contributed by atoms with Gasteiger partial charge >= 0.3 is 0 Å². The first kappa shape index (κ1) is 16.6. The van der Waals surface area contributed by atoms with Gasteiger partial charge in [0.1, 0.15) is 0 Å². The van der Waals surface area contributed by atoms with Gasteiger partial charge in [0.05, 0.1) is 11.5 Å². The molecule has 0 radical (unpaired) electrons. The van der Waals surface area contributed by atoms with Crippen molar-refractivity contribution in [3.8, 4) is 0 Å². The van der Waals surface area contributed by atoms with E-state index in [2.05, 4.69) is 17.6 Å². The van der Waals surface area contributed by atoms with E-state index in [4.69, 9.17) is 0 Å². The molecule has 0 unspecified atom stereocenters. The lowest BCUT2D eigenvalue weighted by atomic mass is 10.2. The number of hydrogen-bond donors (Lipinski definition) is 2. The summed E-state index contributed by atoms with van der Waals surface area (Å²) in [5.74, 6) is -0.785. The van der Waals surface area contributed by atoms with Crippen LogP contribution in [0.3, 0.4) is 0 Å². The molecule has 0 aromatic heterocycles. The van der Waals surface area contributed by atoms with E-state index in [0.29, 0.717) is 6.54 Å². The Morgan fingerprint density at radius 2 is 2.00 bits per heavy atom. The first-order valence-corrected chi connectivity index (χ1v) is 6.84. The molecule has 1 rings (SSSR count). The summed E-state index contributed by atoms with van der Waals surface area (Å²) in [4.78, 5) is 33.3. The van der Waals surface area contributed by atoms with Crippen molar-refractivity contribution in [2.75, 3.05) is 13.1 Å². The molecule has 0 bridgehead atoms. The zero-order valence-corrected chi connectivity index (χ0v) is 11.9. The van der Waals surface area contributed by atoms with Gasteiger partial charge in [-0.2, -0.15) is 0 Å². The van der Waals surface area contributed by atoms with Crippen LogP contribution in [0.5, 0.6) is 0 Å². The van der Waals surface area contributed by atoms with E-state index >= 15 is 0 Å². The fourth-order valence-electron chi connectivity index (χ4n) is 1.69. The molecule has 0 saturated carbocycles. The van der Waals surface area contributed by atoms with Crippen molar-refractivity contribution in [1.29, 1.82) is 0 Å². The third kappa shape index (κ3) is 6.03. The van der Waals surface area contributed by atoms with Gasteiger partial charge in [0, 0.05) is 24.2 Å². The third-order valence-electron chi connectivity index (χ3n) is 2.83. The van der Waals surface area contributed by atoms with Gasteiger partial charge in [0.15, 0.2) is 0 Å². The van der Waals surface area contributed by atoms with Crippen molar-refractivity contribution in [3.63, 3.8) is 0 Å². The SMILES string of the molecule is CCCCCNC(=O)CNC(=O)c1cccc([N+](=O)[O-])c1. The van der Waals surface area contributed by atoms with Crippen LogP contribution in [0.25, 0.3) is 0 Å². The Morgan fingerprint density at radius 1 is 1.24 bits per heavy atom. The number of nitrogens with one attached hydrogen (secondary N) is 2. The summed E-state index contributed by atoms with van der Waals surface area (Å²) < 4.78 is 0. The molecule has 2 amide bonds. The van der Waals surface area contributed by atoms with Gasteiger partial charge in [0.2, 0.25) is 5.91 Å². The molecule has 0 saturated heterocycles. The zero-order chi connectivity index (χ0) is 15.7. The summed E-state index contributed by atoms with van der Waals surface area (Å²) in [6, 6.07) is 5.37. The van der Waals surface area contributed by atoms with Gasteiger partial charge in [-0.25, -0.2) is 0 Å². The third-order valence-corrected chi connectivity index (χ3v) is 2.83. The molecule has 7 nitrogen and oxygen atoms in total. The highest BCUT2D eigenvalue weighted by molar-refractivity contribution is 5.96. The molecule has 1 aromatic rings. The van der Waals surface area contributed by atoms with E-state index in [1.54, 1.807) is 0 Å². The van der Waals surface area contributed by atoms with Gasteiger partial charge in [-0.1, -0.05) is 25.8 Å². The lowest BCUT2D eigenvalue weighted by Gasteiger charge is -2.06. The Hall–Kier alpha value is -2.44. The van der Waals surface area contributed by atoms with Crippen LogP contribution in [0.4, 0.5) is 5.69 Å². The molecule has 1 aromatic carbocycles. The fourth-order valence-corrected chi connectivity index (χ4v) is 1.69. The van der Waals surface area contributed by atoms with Crippen LogP contribution in [0.1, 0.15) is 36.5 Å². The smallest absolute Gasteiger partial charge is 0.270 e. The summed E-state index contributed by atoms with van der Waals surface area (Å²) in [6.07, 6.45) is 3.01. The largest absolute Gasteiger partial charge is 0.355 e. The molecule has 0 fully saturated rings. The van der Waals surface area contributed by atoms with Crippen LogP contribution < -0.4 is 10.6 Å². The second kappa shape index (κ2) is 8.68. The molecule has 0 spiro atoms. The Kier molecular flexibility index (Phi) is 6.86. The lowest BCUT2D eigenvalue weighted by Crippen LogP contribution is -2.37. The van der Waals surface area contributed by atoms with Gasteiger partial charge in [-0.15, -0.1) is 0 Å². The van der Waals surface area contributed by atoms with Crippen molar-refractivity contribution in [2.45, 2.75) is 26.2 Å². The number of carbonyl (C=O) groups is 2. The van der Waals surface area contributed by atoms with Crippen LogP contribution in [0.15, 0.2) is 24.3 Å². The fraction of sp³-hybridized carbons (Fsp3) is 0.429. The zero-order valence-electron chi connectivity index (χ0n) is 11.9. The summed E-state index contributed by atoms with van der Waals surface area (Å²) >= 11 is 0. The highest BCUT2D eigenvalue weighted by atomic mass is 16.6. The van der Waals surface area contributed by atoms with Crippen LogP contribution in [-0.4, -0.2) is 29.8 Å². The van der Waals surface area contributed by atoms with Crippen LogP contribution in [0.2, 0.25) is 0 Å². The number of hydrogen-bond acceptors (Lipinski definition) is 4. The second-order valence-corrected chi connectivity index (χ2v) is 4.55. The molecule has 0 aliphatic heterocycles. The number of nitro benzene ring substituents is 1. The molecule has 0 aliphatic rings. The van der Waals surface area contributed by atoms with Gasteiger partial charge < -0.3 is 10.6 Å². The summed E-state index contributed by atoms with van der Waals surface area (Å²) in [5.41, 5.74) is -0.00495. The minimum absolute atomic E-state index is 0.145. The molecular formula is C14H19N3O4. The van der Waals surface area contributed by atoms with E-state index in [0.717, 1.165) is 19.3 Å². The van der Waals surface area contributed by atoms with E-state index in [1.165, 1.54) is 24.3 Å². The predicted molar refractivity (Wildman–Crippen MR) is 78.0 cm³/mol. The van der Waals surface area contributed by atoms with Crippen molar-refractivity contribution in [2.24, 2.45) is 0 Å². The number of benzene rings is 1. The maximum atomic E-state index is 11.8. The Labute approximate surface area is 122 Å². The van der Waals surface area contributed by atoms with E-state index < -0.39 is 10.8 Å². The number of nitro groups is 1. The lowest BCUT2D eigenvalue weighted by molar-refractivity contribution is -0.384. The standard InChI is InChI=1S/C14H19N3O4/c1-2-3-4-8-15-13(18)10-16-14(19)11-6-5-7-12(9-11)17(20)21/h5-7,9H,2-4,8,10H2,1H3,(H,15,18)(H,16,19). The molecule has 0 heterocycles. The average Bonchev–Trinajstić information content (AvgIpc) is 2.49. The maximum Gasteiger partial charge on any atom is 0.270 e. The van der Waals surface area contributed by atoms with Crippen LogP contribution in [0, 0.1) is 10.1 Å². The van der Waals surface area contributed by atoms with E-state index in [-0.39, 0.29) is 23.7 Å². The number of non-ortho nitro benzene ring substituents is 1. The summed E-state index contributed by atoms with van der Waals surface area (Å²) in [5, 5.41) is 15.7. The quantitative estimate of drug-likeness (QED) is 0.432. The molecule has 7 heteroatoms. The number of rotatable bonds is 8. The molecule has 0 aliphatic carbocycles. The molecule has 114 valence electrons. The normalized spacial score (nSPS) is 9.95. The molecule has 0 atom stereocenters. The Balaban J connectivity index is 2.41. The highest BCUT2D eigenvalue weighted by Gasteiger charge is 2.12. The monoisotopic (exact) mass is 293 g/mol. The molecule has 2 N–H and O–H groups in total. The number of nitrogens with zero attached hydrogens (tertiary/aromatic N) is 1. The van der Waals surface area contributed by atoms with Gasteiger partial charge in [-0.3, -0.25) is 19.7 Å². The van der Waals surface area contributed by atoms with Crippen molar-refractivity contribution in [1.82, 2.24) is 10.6 Å². The minimum atomic E-state index is -0.572. The maximum absolute atomic E-state index is 11.8. The topological polar surface area (TPSA) is 101 Å². The number of unbranched alkanes of at least 4 members (excludes halogenated alkanes) is 2. The first-order valence-electron chi connectivity index (χ1n) is 6.84. The Bertz CT molecular complexity index is 517. The second-order valence-electron chi connectivity index (χ2n) is 4.55. The molecule has 21 heavy (non-hydrogen) atoms. The van der Waals surface area contributed by atoms with Crippen LogP contribution >= 0.6 is 0 Å². The molecular weight excluding hydrogens is 274 g/mol. The van der Waals surface area contributed by atoms with Crippen LogP contribution in [-0.2, 0) is 4.79 Å². The first-order chi connectivity index (χ1) is 10.0. The van der Waals surface area contributed by atoms with Gasteiger partial charge in [0.25, 0.3) is 11.6 Å². The highest BCUT2D eigenvalue weighted by Crippen LogP contribution is 2.12. The number of amides is 2. The minimum Gasteiger partial charge on any atom is -0.355 e. The van der Waals surface area contributed by atoms with Crippen molar-refractivity contribution in [3.05, 3.63) is 39.9 Å². The summed E-state index contributed by atoms with van der Waals surface area (Å²) in [7, 11) is 0. The summed E-state index contributed by atoms with van der Waals surface area (Å²) in [6.45, 7) is 2.51. The van der Waals surface area contributed by atoms with Gasteiger partial charge in [-0.05, 0) is 12.5 Å². The van der Waals surface area contributed by atoms with Crippen molar-refractivity contribution < 1.29 is 14.5 Å². The van der Waals surface area contributed by atoms with Crippen molar-refractivity contribution >= 4 is 17.5 Å². The predicted octanol–water partition coefficient (Wildman–Crippen LogP) is 1.63. The van der Waals surface area contributed by atoms with E-state index in [9.17, 15) is 19.7 Å².